The Morgan fingerprint density at radius 1 is 1.17 bits per heavy atom. The minimum Gasteiger partial charge on any atom is -0.482 e. The molecule has 2 aromatic carbocycles. The van der Waals surface area contributed by atoms with Gasteiger partial charge in [0.25, 0.3) is 12.3 Å². The van der Waals surface area contributed by atoms with E-state index in [4.69, 9.17) is 4.74 Å². The molecule has 6 nitrogen and oxygen atoms in total. The Kier molecular flexibility index (Phi) is 4.97. The van der Waals surface area contributed by atoms with Crippen molar-refractivity contribution < 1.29 is 22.7 Å². The number of amides is 1. The summed E-state index contributed by atoms with van der Waals surface area (Å²) in [7, 11) is 1.65. The van der Waals surface area contributed by atoms with Gasteiger partial charge in [0, 0.05) is 23.4 Å². The molecule has 9 heteroatoms. The van der Waals surface area contributed by atoms with E-state index in [1.54, 1.807) is 33.0 Å². The Labute approximate surface area is 170 Å². The Morgan fingerprint density at radius 3 is 2.63 bits per heavy atom. The number of carbonyl (C=O) groups is 1. The van der Waals surface area contributed by atoms with Gasteiger partial charge >= 0.3 is 0 Å². The molecule has 0 radical (unpaired) electrons. The Hall–Kier alpha value is -3.36. The van der Waals surface area contributed by atoms with Gasteiger partial charge in [-0.25, -0.2) is 13.2 Å². The molecule has 0 spiro atoms. The van der Waals surface area contributed by atoms with E-state index in [9.17, 15) is 18.0 Å². The number of likely N-dealkylation sites (N-methyl/N-ethyl adjacent to an activating group) is 1. The lowest BCUT2D eigenvalue weighted by Crippen LogP contribution is -2.35. The maximum atomic E-state index is 14.6. The second-order valence-corrected chi connectivity index (χ2v) is 7.16. The first-order chi connectivity index (χ1) is 14.3. The number of ether oxygens (including phenoxy) is 1. The molecule has 2 heterocycles. The fourth-order valence-corrected chi connectivity index (χ4v) is 3.51. The van der Waals surface area contributed by atoms with Crippen LogP contribution in [0, 0.1) is 12.7 Å². The zero-order chi connectivity index (χ0) is 21.6. The number of halogens is 3. The summed E-state index contributed by atoms with van der Waals surface area (Å²) < 4.78 is 46.2. The highest BCUT2D eigenvalue weighted by Gasteiger charge is 2.25. The van der Waals surface area contributed by atoms with Crippen LogP contribution in [0.4, 0.5) is 24.7 Å². The van der Waals surface area contributed by atoms with Gasteiger partial charge in [0.1, 0.15) is 11.6 Å². The van der Waals surface area contributed by atoms with E-state index in [0.717, 1.165) is 11.5 Å². The highest BCUT2D eigenvalue weighted by atomic mass is 19.3. The third-order valence-corrected chi connectivity index (χ3v) is 5.24. The number of nitrogens with zero attached hydrogens (tertiary/aromatic N) is 3. The smallest absolute Gasteiger partial charge is 0.266 e. The molecular formula is C21H19F3N4O2. The number of nitrogens with one attached hydrogen (secondary N) is 1. The SMILES string of the molecule is Cc1nnc(N[C@H](C)c2cccc(C(F)F)c2F)c2cc3c(cc12)OCC(=O)N3C. The topological polar surface area (TPSA) is 67.4 Å². The second kappa shape index (κ2) is 7.47. The molecule has 0 saturated heterocycles. The number of carbonyl (C=O) groups excluding carboxylic acids is 1. The Balaban J connectivity index is 1.77. The van der Waals surface area contributed by atoms with Crippen molar-refractivity contribution in [3.8, 4) is 5.75 Å². The first-order valence-corrected chi connectivity index (χ1v) is 9.31. The number of anilines is 2. The number of alkyl halides is 2. The molecule has 0 saturated carbocycles. The van der Waals surface area contributed by atoms with Crippen molar-refractivity contribution in [2.45, 2.75) is 26.3 Å². The van der Waals surface area contributed by atoms with Gasteiger partial charge in [0.15, 0.2) is 12.4 Å². The molecule has 0 unspecified atom stereocenters. The van der Waals surface area contributed by atoms with Crippen LogP contribution in [0.5, 0.6) is 5.75 Å². The second-order valence-electron chi connectivity index (χ2n) is 7.16. The first-order valence-electron chi connectivity index (χ1n) is 9.31. The predicted octanol–water partition coefficient (Wildman–Crippen LogP) is 4.54. The van der Waals surface area contributed by atoms with E-state index in [-0.39, 0.29) is 18.1 Å². The summed E-state index contributed by atoms with van der Waals surface area (Å²) in [5.74, 6) is -0.239. The minimum atomic E-state index is -2.91. The van der Waals surface area contributed by atoms with Gasteiger partial charge in [-0.3, -0.25) is 4.79 Å². The first kappa shape index (κ1) is 19.9. The van der Waals surface area contributed by atoms with E-state index in [1.807, 2.05) is 0 Å². The third-order valence-electron chi connectivity index (χ3n) is 5.24. The van der Waals surface area contributed by atoms with Crippen LogP contribution in [-0.4, -0.2) is 29.8 Å². The molecule has 30 heavy (non-hydrogen) atoms. The summed E-state index contributed by atoms with van der Waals surface area (Å²) in [6.07, 6.45) is -2.91. The van der Waals surface area contributed by atoms with Gasteiger partial charge in [-0.1, -0.05) is 18.2 Å². The number of aryl methyl sites for hydroxylation is 1. The van der Waals surface area contributed by atoms with Crippen molar-refractivity contribution in [2.75, 3.05) is 23.9 Å². The molecule has 0 fully saturated rings. The molecule has 1 aliphatic rings. The average Bonchev–Trinajstić information content (AvgIpc) is 2.72. The summed E-state index contributed by atoms with van der Waals surface area (Å²) >= 11 is 0. The largest absolute Gasteiger partial charge is 0.482 e. The molecule has 156 valence electrons. The third kappa shape index (κ3) is 3.30. The fraction of sp³-hybridized carbons (Fsp3) is 0.286. The van der Waals surface area contributed by atoms with E-state index in [0.29, 0.717) is 28.3 Å². The van der Waals surface area contributed by atoms with Crippen molar-refractivity contribution in [2.24, 2.45) is 0 Å². The number of rotatable bonds is 4. The molecule has 3 aromatic rings. The van der Waals surface area contributed by atoms with Crippen LogP contribution in [0.15, 0.2) is 30.3 Å². The van der Waals surface area contributed by atoms with Crippen LogP contribution in [0.1, 0.15) is 36.2 Å². The standard InChI is InChI=1S/C21H19F3N4O2/c1-10(12-5-4-6-13(19(12)22)20(23)24)25-21-15-7-16-17(30-9-18(29)28(16)3)8-14(15)11(2)26-27-21/h4-8,10,20H,9H2,1-3H3,(H,25,27)/t10-/m1/s1. The number of hydrogen-bond donors (Lipinski definition) is 1. The van der Waals surface area contributed by atoms with E-state index in [1.165, 1.54) is 17.0 Å². The quantitative estimate of drug-likeness (QED) is 0.676. The monoisotopic (exact) mass is 416 g/mol. The van der Waals surface area contributed by atoms with Gasteiger partial charge in [-0.2, -0.15) is 5.10 Å². The number of aromatic nitrogens is 2. The molecule has 1 atom stereocenters. The molecule has 0 bridgehead atoms. The summed E-state index contributed by atoms with van der Waals surface area (Å²) in [6, 6.07) is 6.79. The molecule has 1 amide bonds. The lowest BCUT2D eigenvalue weighted by atomic mass is 10.0. The van der Waals surface area contributed by atoms with E-state index in [2.05, 4.69) is 15.5 Å². The molecule has 1 N–H and O–H groups in total. The lowest BCUT2D eigenvalue weighted by molar-refractivity contribution is -0.120. The number of fused-ring (bicyclic) bond motifs is 2. The van der Waals surface area contributed by atoms with Crippen molar-refractivity contribution in [3.05, 3.63) is 53.0 Å². The van der Waals surface area contributed by atoms with E-state index < -0.39 is 23.8 Å². The maximum Gasteiger partial charge on any atom is 0.266 e. The normalized spacial score (nSPS) is 14.6. The van der Waals surface area contributed by atoms with Crippen LogP contribution < -0.4 is 15.0 Å². The average molecular weight is 416 g/mol. The zero-order valence-corrected chi connectivity index (χ0v) is 16.5. The van der Waals surface area contributed by atoms with Crippen LogP contribution in [0.2, 0.25) is 0 Å². The Bertz CT molecular complexity index is 1150. The lowest BCUT2D eigenvalue weighted by Gasteiger charge is -2.27. The van der Waals surface area contributed by atoms with Gasteiger partial charge in [-0.15, -0.1) is 5.10 Å². The molecular weight excluding hydrogens is 397 g/mol. The summed E-state index contributed by atoms with van der Waals surface area (Å²) in [4.78, 5) is 13.5. The van der Waals surface area contributed by atoms with Crippen molar-refractivity contribution in [1.29, 1.82) is 0 Å². The minimum absolute atomic E-state index is 0.0472. The fourth-order valence-electron chi connectivity index (χ4n) is 3.51. The predicted molar refractivity (Wildman–Crippen MR) is 107 cm³/mol. The highest BCUT2D eigenvalue weighted by molar-refractivity contribution is 6.03. The van der Waals surface area contributed by atoms with Gasteiger partial charge in [-0.05, 0) is 26.0 Å². The molecule has 1 aromatic heterocycles. The van der Waals surface area contributed by atoms with E-state index >= 15 is 0 Å². The Morgan fingerprint density at radius 2 is 1.90 bits per heavy atom. The van der Waals surface area contributed by atoms with Gasteiger partial charge in [0.05, 0.1) is 23.0 Å². The zero-order valence-electron chi connectivity index (χ0n) is 16.5. The van der Waals surface area contributed by atoms with Gasteiger partial charge in [0.2, 0.25) is 0 Å². The molecule has 4 rings (SSSR count). The molecule has 0 aliphatic carbocycles. The van der Waals surface area contributed by atoms with Crippen LogP contribution >= 0.6 is 0 Å². The van der Waals surface area contributed by atoms with Crippen molar-refractivity contribution in [3.63, 3.8) is 0 Å². The summed E-state index contributed by atoms with van der Waals surface area (Å²) in [5.41, 5.74) is 0.678. The van der Waals surface area contributed by atoms with Crippen LogP contribution in [0.3, 0.4) is 0 Å². The summed E-state index contributed by atoms with van der Waals surface area (Å²) in [5, 5.41) is 12.8. The van der Waals surface area contributed by atoms with Gasteiger partial charge < -0.3 is 15.0 Å². The van der Waals surface area contributed by atoms with Crippen molar-refractivity contribution >= 4 is 28.2 Å². The molecule has 1 aliphatic heterocycles. The highest BCUT2D eigenvalue weighted by Crippen LogP contribution is 2.38. The van der Waals surface area contributed by atoms with Crippen molar-refractivity contribution in [1.82, 2.24) is 10.2 Å². The summed E-state index contributed by atoms with van der Waals surface area (Å²) in [6.45, 7) is 3.39. The van der Waals surface area contributed by atoms with Crippen LogP contribution in [0.25, 0.3) is 10.8 Å². The number of hydrogen-bond acceptors (Lipinski definition) is 5. The maximum absolute atomic E-state index is 14.6. The number of benzene rings is 2. The van der Waals surface area contributed by atoms with Crippen LogP contribution in [-0.2, 0) is 4.79 Å².